The van der Waals surface area contributed by atoms with Gasteiger partial charge in [-0.05, 0) is 24.3 Å². The summed E-state index contributed by atoms with van der Waals surface area (Å²) in [6.07, 6.45) is 0. The van der Waals surface area contributed by atoms with E-state index in [1.54, 1.807) is 24.3 Å². The van der Waals surface area contributed by atoms with Gasteiger partial charge in [0.1, 0.15) is 10.8 Å². The molecule has 5 heteroatoms. The summed E-state index contributed by atoms with van der Waals surface area (Å²) < 4.78 is 16.9. The largest absolute Gasteiger partial charge is 0.475 e. The smallest absolute Gasteiger partial charge is 0.371 e. The summed E-state index contributed by atoms with van der Waals surface area (Å²) in [6, 6.07) is 11.4. The first-order valence-electron chi connectivity index (χ1n) is 4.48. The molecule has 4 nitrogen and oxygen atoms in total. The lowest BCUT2D eigenvalue weighted by Gasteiger charge is -1.97. The van der Waals surface area contributed by atoms with E-state index in [1.807, 2.05) is 6.07 Å². The molecule has 1 aromatic carbocycles. The maximum Gasteiger partial charge on any atom is 0.371 e. The fourth-order valence-electron chi connectivity index (χ4n) is 1.19. The number of hydrogen-bond donors (Lipinski definition) is 1. The molecule has 0 spiro atoms. The maximum atomic E-state index is 11.9. The Kier molecular flexibility index (Phi) is 2.87. The highest BCUT2D eigenvalue weighted by Crippen LogP contribution is 2.18. The quantitative estimate of drug-likeness (QED) is 0.886. The van der Waals surface area contributed by atoms with Crippen LogP contribution in [0.5, 0.6) is 0 Å². The molecule has 0 aliphatic carbocycles. The van der Waals surface area contributed by atoms with Gasteiger partial charge in [0.2, 0.25) is 5.76 Å². The Hall–Kier alpha value is -1.88. The highest BCUT2D eigenvalue weighted by molar-refractivity contribution is 7.85. The number of furan rings is 1. The molecule has 0 amide bonds. The van der Waals surface area contributed by atoms with Crippen molar-refractivity contribution in [2.75, 3.05) is 0 Å². The Morgan fingerprint density at radius 3 is 2.38 bits per heavy atom. The molecule has 0 fully saturated rings. The minimum Gasteiger partial charge on any atom is -0.475 e. The van der Waals surface area contributed by atoms with Crippen LogP contribution in [-0.4, -0.2) is 15.3 Å². The monoisotopic (exact) mass is 236 g/mol. The van der Waals surface area contributed by atoms with Gasteiger partial charge in [0.15, 0.2) is 5.09 Å². The molecule has 2 aromatic rings. The van der Waals surface area contributed by atoms with Crippen molar-refractivity contribution in [3.8, 4) is 0 Å². The summed E-state index contributed by atoms with van der Waals surface area (Å²) in [5.74, 6) is -1.38. The fraction of sp³-hybridized carbons (Fsp3) is 0. The van der Waals surface area contributed by atoms with Crippen LogP contribution in [0.4, 0.5) is 0 Å². The molecular formula is C11H8O4S. The summed E-state index contributed by atoms with van der Waals surface area (Å²) in [5.41, 5.74) is 0. The Balaban J connectivity index is 2.31. The number of hydrogen-bond acceptors (Lipinski definition) is 3. The van der Waals surface area contributed by atoms with Gasteiger partial charge < -0.3 is 9.52 Å². The lowest BCUT2D eigenvalue weighted by atomic mass is 10.4. The Bertz CT molecular complexity index is 530. The molecule has 0 radical (unpaired) electrons. The zero-order valence-corrected chi connectivity index (χ0v) is 8.94. The molecule has 1 aromatic heterocycles. The van der Waals surface area contributed by atoms with E-state index in [-0.39, 0.29) is 10.9 Å². The van der Waals surface area contributed by atoms with Crippen LogP contribution in [0, 0.1) is 0 Å². The van der Waals surface area contributed by atoms with E-state index in [0.717, 1.165) is 0 Å². The Morgan fingerprint density at radius 2 is 1.81 bits per heavy atom. The molecule has 1 heterocycles. The fourth-order valence-corrected chi connectivity index (χ4v) is 2.19. The van der Waals surface area contributed by atoms with Crippen LogP contribution < -0.4 is 0 Å². The summed E-state index contributed by atoms with van der Waals surface area (Å²) in [5, 5.41) is 8.80. The van der Waals surface area contributed by atoms with Gasteiger partial charge in [-0.1, -0.05) is 18.2 Å². The third-order valence-electron chi connectivity index (χ3n) is 1.93. The predicted molar refractivity (Wildman–Crippen MR) is 56.8 cm³/mol. The molecule has 1 N–H and O–H groups in total. The highest BCUT2D eigenvalue weighted by atomic mass is 32.2. The molecule has 0 saturated carbocycles. The molecule has 2 rings (SSSR count). The zero-order chi connectivity index (χ0) is 11.5. The van der Waals surface area contributed by atoms with E-state index < -0.39 is 16.8 Å². The SMILES string of the molecule is O=C(O)c1ccc(S(=O)c2ccccc2)o1. The molecule has 0 bridgehead atoms. The average molecular weight is 236 g/mol. The molecule has 1 atom stereocenters. The zero-order valence-electron chi connectivity index (χ0n) is 8.12. The third-order valence-corrected chi connectivity index (χ3v) is 3.22. The summed E-state index contributed by atoms with van der Waals surface area (Å²) in [4.78, 5) is 11.2. The molecule has 82 valence electrons. The normalized spacial score (nSPS) is 12.2. The summed E-state index contributed by atoms with van der Waals surface area (Å²) in [7, 11) is -1.47. The number of benzene rings is 1. The number of aromatic carboxylic acids is 1. The minimum absolute atomic E-state index is 0.142. The number of rotatable bonds is 3. The van der Waals surface area contributed by atoms with Crippen LogP contribution in [0.15, 0.2) is 56.9 Å². The van der Waals surface area contributed by atoms with Crippen LogP contribution >= 0.6 is 0 Å². The van der Waals surface area contributed by atoms with Crippen molar-refractivity contribution in [3.05, 3.63) is 48.2 Å². The van der Waals surface area contributed by atoms with Gasteiger partial charge in [-0.25, -0.2) is 9.00 Å². The molecule has 16 heavy (non-hydrogen) atoms. The Morgan fingerprint density at radius 1 is 1.12 bits per heavy atom. The lowest BCUT2D eigenvalue weighted by Crippen LogP contribution is -1.93. The van der Waals surface area contributed by atoms with Gasteiger partial charge in [0.25, 0.3) is 0 Å². The van der Waals surface area contributed by atoms with Crippen LogP contribution in [0.25, 0.3) is 0 Å². The van der Waals surface area contributed by atoms with Gasteiger partial charge in [-0.15, -0.1) is 0 Å². The second-order valence-electron chi connectivity index (χ2n) is 3.01. The molecule has 0 saturated heterocycles. The van der Waals surface area contributed by atoms with Gasteiger partial charge >= 0.3 is 5.97 Å². The van der Waals surface area contributed by atoms with Crippen molar-refractivity contribution in [2.45, 2.75) is 9.99 Å². The van der Waals surface area contributed by atoms with E-state index in [9.17, 15) is 9.00 Å². The molecule has 0 aliphatic rings. The van der Waals surface area contributed by atoms with Gasteiger partial charge in [0.05, 0.1) is 0 Å². The van der Waals surface area contributed by atoms with Gasteiger partial charge in [0, 0.05) is 4.90 Å². The van der Waals surface area contributed by atoms with Crippen molar-refractivity contribution in [1.29, 1.82) is 0 Å². The highest BCUT2D eigenvalue weighted by Gasteiger charge is 2.14. The second kappa shape index (κ2) is 4.32. The van der Waals surface area contributed by atoms with Crippen molar-refractivity contribution in [2.24, 2.45) is 0 Å². The first-order valence-corrected chi connectivity index (χ1v) is 5.63. The lowest BCUT2D eigenvalue weighted by molar-refractivity contribution is 0.0656. The minimum atomic E-state index is -1.47. The van der Waals surface area contributed by atoms with Gasteiger partial charge in [-0.2, -0.15) is 0 Å². The standard InChI is InChI=1S/C11H8O4S/c12-11(13)9-6-7-10(15-9)16(14)8-4-2-1-3-5-8/h1-7H,(H,12,13). The van der Waals surface area contributed by atoms with Crippen LogP contribution in [0.2, 0.25) is 0 Å². The molecule has 1 unspecified atom stereocenters. The van der Waals surface area contributed by atoms with Crippen molar-refractivity contribution >= 4 is 16.8 Å². The first-order chi connectivity index (χ1) is 7.68. The maximum absolute atomic E-state index is 11.9. The number of carboxylic acid groups (broad SMARTS) is 1. The van der Waals surface area contributed by atoms with Crippen LogP contribution in [0.3, 0.4) is 0 Å². The number of carbonyl (C=O) groups is 1. The van der Waals surface area contributed by atoms with E-state index >= 15 is 0 Å². The van der Waals surface area contributed by atoms with Crippen LogP contribution in [-0.2, 0) is 10.8 Å². The topological polar surface area (TPSA) is 67.5 Å². The Labute approximate surface area is 94.0 Å². The van der Waals surface area contributed by atoms with Gasteiger partial charge in [-0.3, -0.25) is 0 Å². The van der Waals surface area contributed by atoms with E-state index in [2.05, 4.69) is 0 Å². The van der Waals surface area contributed by atoms with E-state index in [0.29, 0.717) is 4.90 Å². The predicted octanol–water partition coefficient (Wildman–Crippen LogP) is 2.14. The number of carboxylic acids is 1. The average Bonchev–Trinajstić information content (AvgIpc) is 2.78. The summed E-state index contributed by atoms with van der Waals surface area (Å²) in [6.45, 7) is 0. The third kappa shape index (κ3) is 2.04. The summed E-state index contributed by atoms with van der Waals surface area (Å²) >= 11 is 0. The second-order valence-corrected chi connectivity index (χ2v) is 4.42. The van der Waals surface area contributed by atoms with Crippen LogP contribution in [0.1, 0.15) is 10.6 Å². The van der Waals surface area contributed by atoms with Crippen molar-refractivity contribution in [3.63, 3.8) is 0 Å². The first kappa shape index (κ1) is 10.6. The molecular weight excluding hydrogens is 228 g/mol. The van der Waals surface area contributed by atoms with Crippen molar-refractivity contribution < 1.29 is 18.5 Å². The van der Waals surface area contributed by atoms with Crippen molar-refractivity contribution in [1.82, 2.24) is 0 Å². The molecule has 0 aliphatic heterocycles. The van der Waals surface area contributed by atoms with E-state index in [1.165, 1.54) is 12.1 Å². The van der Waals surface area contributed by atoms with E-state index in [4.69, 9.17) is 9.52 Å².